The molecule has 0 aliphatic rings. The van der Waals surface area contributed by atoms with Crippen LogP contribution in [0.2, 0.25) is 0 Å². The molecule has 2 N–H and O–H groups in total. The van der Waals surface area contributed by atoms with Crippen LogP contribution in [0.25, 0.3) is 0 Å². The van der Waals surface area contributed by atoms with Gasteiger partial charge in [0.25, 0.3) is 11.8 Å². The number of nitrogens with zero attached hydrogens (tertiary/aromatic N) is 1. The molecule has 0 spiro atoms. The first-order valence-corrected chi connectivity index (χ1v) is 8.43. The number of pyridine rings is 1. The van der Waals surface area contributed by atoms with E-state index in [0.717, 1.165) is 23.3 Å². The second-order valence-electron chi connectivity index (χ2n) is 6.32. The fraction of sp³-hybridized carbons (Fsp3) is 0.0952. The van der Waals surface area contributed by atoms with E-state index < -0.39 is 23.4 Å². The average Bonchev–Trinajstić information content (AvgIpc) is 2.67. The number of halogens is 2. The Bertz CT molecular complexity index is 1070. The van der Waals surface area contributed by atoms with E-state index in [1.807, 2.05) is 26.0 Å². The summed E-state index contributed by atoms with van der Waals surface area (Å²) in [6.45, 7) is 3.84. The van der Waals surface area contributed by atoms with Crippen molar-refractivity contribution in [3.63, 3.8) is 0 Å². The van der Waals surface area contributed by atoms with Crippen molar-refractivity contribution in [3.8, 4) is 0 Å². The van der Waals surface area contributed by atoms with E-state index in [1.54, 1.807) is 6.07 Å². The van der Waals surface area contributed by atoms with E-state index in [-0.39, 0.29) is 16.8 Å². The molecule has 3 aromatic rings. The number of anilines is 2. The molecular formula is C21H17F2N3O2. The van der Waals surface area contributed by atoms with Gasteiger partial charge in [-0.1, -0.05) is 17.7 Å². The zero-order valence-electron chi connectivity index (χ0n) is 15.2. The highest BCUT2D eigenvalue weighted by Crippen LogP contribution is 2.18. The third-order valence-electron chi connectivity index (χ3n) is 4.07. The Balaban J connectivity index is 1.76. The minimum absolute atomic E-state index is 0.0917. The first kappa shape index (κ1) is 19.2. The van der Waals surface area contributed by atoms with E-state index in [0.29, 0.717) is 5.69 Å². The molecule has 0 unspecified atom stereocenters. The molecule has 2 amide bonds. The third-order valence-corrected chi connectivity index (χ3v) is 4.07. The highest BCUT2D eigenvalue weighted by Gasteiger charge is 2.13. The molecule has 7 heteroatoms. The summed E-state index contributed by atoms with van der Waals surface area (Å²) < 4.78 is 26.3. The lowest BCUT2D eigenvalue weighted by molar-refractivity contribution is 0.102. The molecule has 1 heterocycles. The number of amides is 2. The largest absolute Gasteiger partial charge is 0.322 e. The van der Waals surface area contributed by atoms with Crippen LogP contribution in [0.4, 0.5) is 20.2 Å². The molecule has 0 bridgehead atoms. The van der Waals surface area contributed by atoms with Gasteiger partial charge in [-0.15, -0.1) is 0 Å². The van der Waals surface area contributed by atoms with Crippen molar-refractivity contribution >= 4 is 23.2 Å². The van der Waals surface area contributed by atoms with E-state index in [9.17, 15) is 18.4 Å². The van der Waals surface area contributed by atoms with E-state index in [4.69, 9.17) is 0 Å². The lowest BCUT2D eigenvalue weighted by atomic mass is 10.1. The van der Waals surface area contributed by atoms with Gasteiger partial charge in [-0.3, -0.25) is 14.6 Å². The SMILES string of the molecule is Cc1ccc(NC(=O)c2cncc(C(=O)Nc3ccc(F)c(F)c3)c2)c(C)c1. The van der Waals surface area contributed by atoms with Gasteiger partial charge in [0.15, 0.2) is 11.6 Å². The molecule has 0 radical (unpaired) electrons. The summed E-state index contributed by atoms with van der Waals surface area (Å²) in [5, 5.41) is 5.22. The molecule has 1 aromatic heterocycles. The number of carbonyl (C=O) groups is 2. The number of hydrogen-bond donors (Lipinski definition) is 2. The monoisotopic (exact) mass is 381 g/mol. The molecule has 28 heavy (non-hydrogen) atoms. The maximum absolute atomic E-state index is 13.3. The zero-order chi connectivity index (χ0) is 20.3. The van der Waals surface area contributed by atoms with Crippen molar-refractivity contribution in [1.82, 2.24) is 4.98 Å². The number of benzene rings is 2. The maximum atomic E-state index is 13.3. The Hall–Kier alpha value is -3.61. The minimum atomic E-state index is -1.07. The van der Waals surface area contributed by atoms with E-state index in [2.05, 4.69) is 15.6 Å². The summed E-state index contributed by atoms with van der Waals surface area (Å²) >= 11 is 0. The van der Waals surface area contributed by atoms with E-state index in [1.165, 1.54) is 24.5 Å². The summed E-state index contributed by atoms with van der Waals surface area (Å²) in [5.74, 6) is -3.09. The molecule has 0 aliphatic heterocycles. The first-order valence-electron chi connectivity index (χ1n) is 8.43. The molecule has 5 nitrogen and oxygen atoms in total. The fourth-order valence-corrected chi connectivity index (χ4v) is 2.61. The van der Waals surface area contributed by atoms with Gasteiger partial charge in [0.2, 0.25) is 0 Å². The van der Waals surface area contributed by atoms with Crippen LogP contribution < -0.4 is 10.6 Å². The van der Waals surface area contributed by atoms with Gasteiger partial charge in [0.05, 0.1) is 11.1 Å². The van der Waals surface area contributed by atoms with Gasteiger partial charge in [-0.05, 0) is 43.7 Å². The predicted octanol–water partition coefficient (Wildman–Crippen LogP) is 4.48. The summed E-state index contributed by atoms with van der Waals surface area (Å²) in [6, 6.07) is 10.0. The van der Waals surface area contributed by atoms with Gasteiger partial charge in [-0.2, -0.15) is 0 Å². The number of aromatic nitrogens is 1. The lowest BCUT2D eigenvalue weighted by Gasteiger charge is -2.10. The van der Waals surface area contributed by atoms with Crippen LogP contribution in [0, 0.1) is 25.5 Å². The number of aryl methyl sites for hydroxylation is 2. The van der Waals surface area contributed by atoms with Crippen LogP contribution in [-0.2, 0) is 0 Å². The number of rotatable bonds is 4. The maximum Gasteiger partial charge on any atom is 0.257 e. The van der Waals surface area contributed by atoms with Crippen molar-refractivity contribution in [2.24, 2.45) is 0 Å². The quantitative estimate of drug-likeness (QED) is 0.700. The summed E-state index contributed by atoms with van der Waals surface area (Å²) in [4.78, 5) is 28.8. The van der Waals surface area contributed by atoms with Crippen molar-refractivity contribution in [2.45, 2.75) is 13.8 Å². The summed E-state index contributed by atoms with van der Waals surface area (Å²) in [5.41, 5.74) is 3.04. The van der Waals surface area contributed by atoms with Crippen LogP contribution in [0.1, 0.15) is 31.8 Å². The van der Waals surface area contributed by atoms with Gasteiger partial charge >= 0.3 is 0 Å². The Morgan fingerprint density at radius 2 is 1.50 bits per heavy atom. The van der Waals surface area contributed by atoms with Crippen LogP contribution in [0.3, 0.4) is 0 Å². The zero-order valence-corrected chi connectivity index (χ0v) is 15.2. The van der Waals surface area contributed by atoms with Crippen LogP contribution in [0.15, 0.2) is 54.9 Å². The average molecular weight is 381 g/mol. The highest BCUT2D eigenvalue weighted by atomic mass is 19.2. The molecule has 0 aliphatic carbocycles. The van der Waals surface area contributed by atoms with Crippen molar-refractivity contribution in [3.05, 3.63) is 88.7 Å². The fourth-order valence-electron chi connectivity index (χ4n) is 2.61. The van der Waals surface area contributed by atoms with Gasteiger partial charge < -0.3 is 10.6 Å². The lowest BCUT2D eigenvalue weighted by Crippen LogP contribution is -2.16. The van der Waals surface area contributed by atoms with Crippen molar-refractivity contribution in [2.75, 3.05) is 10.6 Å². The molecular weight excluding hydrogens is 364 g/mol. The molecule has 0 saturated carbocycles. The van der Waals surface area contributed by atoms with Gasteiger partial charge in [-0.25, -0.2) is 8.78 Å². The van der Waals surface area contributed by atoms with Crippen molar-refractivity contribution in [1.29, 1.82) is 0 Å². The van der Waals surface area contributed by atoms with E-state index >= 15 is 0 Å². The molecule has 0 saturated heterocycles. The Morgan fingerprint density at radius 1 is 0.821 bits per heavy atom. The minimum Gasteiger partial charge on any atom is -0.322 e. The predicted molar refractivity (Wildman–Crippen MR) is 102 cm³/mol. The normalized spacial score (nSPS) is 10.4. The second kappa shape index (κ2) is 7.96. The van der Waals surface area contributed by atoms with Gasteiger partial charge in [0, 0.05) is 29.8 Å². The van der Waals surface area contributed by atoms with Gasteiger partial charge in [0.1, 0.15) is 0 Å². The number of carbonyl (C=O) groups excluding carboxylic acids is 2. The summed E-state index contributed by atoms with van der Waals surface area (Å²) in [6.07, 6.45) is 2.62. The van der Waals surface area contributed by atoms with Crippen LogP contribution in [-0.4, -0.2) is 16.8 Å². The third kappa shape index (κ3) is 4.37. The number of hydrogen-bond acceptors (Lipinski definition) is 3. The smallest absolute Gasteiger partial charge is 0.257 e. The van der Waals surface area contributed by atoms with Crippen LogP contribution in [0.5, 0.6) is 0 Å². The topological polar surface area (TPSA) is 71.1 Å². The number of nitrogens with one attached hydrogen (secondary N) is 2. The molecule has 3 rings (SSSR count). The Kier molecular flexibility index (Phi) is 5.44. The standard InChI is InChI=1S/C21H17F2N3O2/c1-12-3-6-19(13(2)7-12)26-21(28)15-8-14(10-24-11-15)20(27)25-16-4-5-17(22)18(23)9-16/h3-11H,1-2H3,(H,25,27)(H,26,28). The van der Waals surface area contributed by atoms with Crippen molar-refractivity contribution < 1.29 is 18.4 Å². The molecule has 2 aromatic carbocycles. The van der Waals surface area contributed by atoms with Crippen LogP contribution >= 0.6 is 0 Å². The molecule has 0 atom stereocenters. The Labute approximate surface area is 160 Å². The Morgan fingerprint density at radius 3 is 2.14 bits per heavy atom. The first-order chi connectivity index (χ1) is 13.3. The summed E-state index contributed by atoms with van der Waals surface area (Å²) in [7, 11) is 0. The molecule has 0 fully saturated rings. The second-order valence-corrected chi connectivity index (χ2v) is 6.32. The highest BCUT2D eigenvalue weighted by molar-refractivity contribution is 6.08. The molecule has 142 valence electrons.